The number of carbonyl (C=O) groups is 1. The van der Waals surface area contributed by atoms with Crippen molar-refractivity contribution in [3.05, 3.63) is 48.3 Å². The van der Waals surface area contributed by atoms with Crippen LogP contribution < -0.4 is 5.32 Å². The summed E-state index contributed by atoms with van der Waals surface area (Å²) >= 11 is 0. The third kappa shape index (κ3) is 4.48. The van der Waals surface area contributed by atoms with Gasteiger partial charge in [0.25, 0.3) is 0 Å². The average Bonchev–Trinajstić information content (AvgIpc) is 3.35. The first-order valence-corrected chi connectivity index (χ1v) is 9.24. The Morgan fingerprint density at radius 1 is 1.33 bits per heavy atom. The second-order valence-electron chi connectivity index (χ2n) is 6.85. The molecule has 1 aromatic carbocycles. The van der Waals surface area contributed by atoms with E-state index < -0.39 is 0 Å². The van der Waals surface area contributed by atoms with Gasteiger partial charge in [-0.15, -0.1) is 0 Å². The molecule has 0 amide bonds. The number of aliphatic imine (C=N–C) groups is 1. The molecule has 27 heavy (non-hydrogen) atoms. The Morgan fingerprint density at radius 3 is 2.74 bits per heavy atom. The van der Waals surface area contributed by atoms with Gasteiger partial charge in [0.2, 0.25) is 0 Å². The van der Waals surface area contributed by atoms with Gasteiger partial charge < -0.3 is 15.0 Å². The lowest BCUT2D eigenvalue weighted by molar-refractivity contribution is -0.145. The molecular formula is C20H27N5O2. The van der Waals surface area contributed by atoms with Gasteiger partial charge >= 0.3 is 5.97 Å². The van der Waals surface area contributed by atoms with Gasteiger partial charge in [-0.05, 0) is 36.1 Å². The maximum Gasteiger partial charge on any atom is 0.310 e. The van der Waals surface area contributed by atoms with Crippen LogP contribution in [0.5, 0.6) is 0 Å². The van der Waals surface area contributed by atoms with Crippen LogP contribution >= 0.6 is 0 Å². The van der Waals surface area contributed by atoms with E-state index in [9.17, 15) is 4.79 Å². The second-order valence-corrected chi connectivity index (χ2v) is 6.85. The largest absolute Gasteiger partial charge is 0.469 e. The highest BCUT2D eigenvalue weighted by Gasteiger charge is 2.36. The maximum absolute atomic E-state index is 11.9. The molecule has 1 N–H and O–H groups in total. The molecule has 0 aliphatic carbocycles. The first kappa shape index (κ1) is 18.9. The van der Waals surface area contributed by atoms with Gasteiger partial charge in [0.05, 0.1) is 18.7 Å². The molecule has 3 rings (SSSR count). The summed E-state index contributed by atoms with van der Waals surface area (Å²) in [4.78, 5) is 18.4. The summed E-state index contributed by atoms with van der Waals surface area (Å²) in [6, 6.07) is 10.3. The van der Waals surface area contributed by atoms with Crippen molar-refractivity contribution in [1.82, 2.24) is 20.0 Å². The Hall–Kier alpha value is -2.83. The number of benzene rings is 1. The quantitative estimate of drug-likeness (QED) is 0.494. The molecule has 0 spiro atoms. The normalized spacial score (nSPS) is 20.0. The van der Waals surface area contributed by atoms with E-state index in [2.05, 4.69) is 51.5 Å². The Balaban J connectivity index is 1.51. The van der Waals surface area contributed by atoms with Crippen LogP contribution in [0.3, 0.4) is 0 Å². The highest BCUT2D eigenvalue weighted by atomic mass is 16.5. The van der Waals surface area contributed by atoms with Crippen LogP contribution in [0.15, 0.2) is 47.7 Å². The number of aromatic nitrogens is 2. The minimum absolute atomic E-state index is 0.0941. The number of hydrogen-bond donors (Lipinski definition) is 1. The van der Waals surface area contributed by atoms with Crippen molar-refractivity contribution in [3.63, 3.8) is 0 Å². The molecule has 2 aromatic rings. The number of rotatable bonds is 5. The van der Waals surface area contributed by atoms with Gasteiger partial charge in [-0.1, -0.05) is 19.1 Å². The number of esters is 1. The Kier molecular flexibility index (Phi) is 6.11. The van der Waals surface area contributed by atoms with Gasteiger partial charge in [-0.2, -0.15) is 5.10 Å². The van der Waals surface area contributed by atoms with E-state index in [0.717, 1.165) is 31.2 Å². The summed E-state index contributed by atoms with van der Waals surface area (Å²) in [5.41, 5.74) is 2.29. The standard InChI is InChI=1S/C20H27N5O2/c1-15-13-24(14-18(15)19(26)27-3)20(21-2)22-11-9-16-5-7-17(8-6-16)25-12-4-10-23-25/h4-8,10,12,15,18H,9,11,13-14H2,1-3H3,(H,21,22). The molecule has 7 heteroatoms. The highest BCUT2D eigenvalue weighted by Crippen LogP contribution is 2.24. The first-order valence-electron chi connectivity index (χ1n) is 9.24. The maximum atomic E-state index is 11.9. The Bertz CT molecular complexity index is 770. The molecule has 1 aliphatic heterocycles. The van der Waals surface area contributed by atoms with Gasteiger partial charge in [0.1, 0.15) is 0 Å². The molecule has 1 fully saturated rings. The van der Waals surface area contributed by atoms with Crippen molar-refractivity contribution in [3.8, 4) is 5.69 Å². The Morgan fingerprint density at radius 2 is 2.11 bits per heavy atom. The summed E-state index contributed by atoms with van der Waals surface area (Å²) in [5.74, 6) is 0.855. The summed E-state index contributed by atoms with van der Waals surface area (Å²) in [5, 5.41) is 7.64. The van der Waals surface area contributed by atoms with Crippen LogP contribution in [-0.4, -0.2) is 60.4 Å². The first-order chi connectivity index (χ1) is 13.1. The minimum Gasteiger partial charge on any atom is -0.469 e. The molecule has 0 bridgehead atoms. The van der Waals surface area contributed by atoms with E-state index >= 15 is 0 Å². The zero-order valence-corrected chi connectivity index (χ0v) is 16.1. The van der Waals surface area contributed by atoms with E-state index in [1.54, 1.807) is 13.2 Å². The van der Waals surface area contributed by atoms with Crippen LogP contribution in [0.25, 0.3) is 5.69 Å². The molecule has 7 nitrogen and oxygen atoms in total. The van der Waals surface area contributed by atoms with Gasteiger partial charge in [-0.25, -0.2) is 4.68 Å². The SMILES string of the molecule is CN=C(NCCc1ccc(-n2cccn2)cc1)N1CC(C)C(C(=O)OC)C1. The zero-order valence-electron chi connectivity index (χ0n) is 16.1. The van der Waals surface area contributed by atoms with Gasteiger partial charge in [0, 0.05) is 39.1 Å². The third-order valence-electron chi connectivity index (χ3n) is 5.03. The summed E-state index contributed by atoms with van der Waals surface area (Å²) in [6.45, 7) is 4.31. The van der Waals surface area contributed by atoms with E-state index in [1.165, 1.54) is 12.7 Å². The average molecular weight is 369 g/mol. The number of likely N-dealkylation sites (tertiary alicyclic amines) is 1. The molecule has 144 valence electrons. The fourth-order valence-corrected chi connectivity index (χ4v) is 3.49. The summed E-state index contributed by atoms with van der Waals surface area (Å²) < 4.78 is 6.75. The van der Waals surface area contributed by atoms with E-state index in [4.69, 9.17) is 4.74 Å². The number of carbonyl (C=O) groups excluding carboxylic acids is 1. The van der Waals surface area contributed by atoms with E-state index in [0.29, 0.717) is 6.54 Å². The smallest absolute Gasteiger partial charge is 0.310 e. The molecule has 2 unspecified atom stereocenters. The molecule has 2 heterocycles. The summed E-state index contributed by atoms with van der Waals surface area (Å²) in [7, 11) is 3.22. The second kappa shape index (κ2) is 8.70. The van der Waals surface area contributed by atoms with E-state index in [-0.39, 0.29) is 17.8 Å². The number of guanidine groups is 1. The van der Waals surface area contributed by atoms with Crippen molar-refractivity contribution in [2.75, 3.05) is 33.8 Å². The van der Waals surface area contributed by atoms with Crippen LogP contribution in [0.2, 0.25) is 0 Å². The van der Waals surface area contributed by atoms with Crippen molar-refractivity contribution < 1.29 is 9.53 Å². The zero-order chi connectivity index (χ0) is 19.2. The molecule has 1 saturated heterocycles. The lowest BCUT2D eigenvalue weighted by Crippen LogP contribution is -2.41. The monoisotopic (exact) mass is 369 g/mol. The number of nitrogens with one attached hydrogen (secondary N) is 1. The van der Waals surface area contributed by atoms with Crippen LogP contribution in [-0.2, 0) is 16.0 Å². The van der Waals surface area contributed by atoms with Crippen molar-refractivity contribution in [1.29, 1.82) is 0 Å². The molecule has 2 atom stereocenters. The van der Waals surface area contributed by atoms with Gasteiger partial charge in [-0.3, -0.25) is 9.79 Å². The number of ether oxygens (including phenoxy) is 1. The lowest BCUT2D eigenvalue weighted by atomic mass is 9.99. The van der Waals surface area contributed by atoms with E-state index in [1.807, 2.05) is 16.9 Å². The number of nitrogens with zero attached hydrogens (tertiary/aromatic N) is 4. The predicted octanol–water partition coefficient (Wildman–Crippen LogP) is 1.73. The predicted molar refractivity (Wildman–Crippen MR) is 105 cm³/mol. The fraction of sp³-hybridized carbons (Fsp3) is 0.450. The number of hydrogen-bond acceptors (Lipinski definition) is 4. The highest BCUT2D eigenvalue weighted by molar-refractivity contribution is 5.82. The molecule has 0 radical (unpaired) electrons. The topological polar surface area (TPSA) is 71.8 Å². The number of methoxy groups -OCH3 is 1. The van der Waals surface area contributed by atoms with Crippen LogP contribution in [0, 0.1) is 11.8 Å². The lowest BCUT2D eigenvalue weighted by Gasteiger charge is -2.21. The van der Waals surface area contributed by atoms with Crippen molar-refractivity contribution >= 4 is 11.9 Å². The summed E-state index contributed by atoms with van der Waals surface area (Å²) in [6.07, 6.45) is 4.59. The van der Waals surface area contributed by atoms with Crippen LogP contribution in [0.1, 0.15) is 12.5 Å². The van der Waals surface area contributed by atoms with Crippen LogP contribution in [0.4, 0.5) is 0 Å². The minimum atomic E-state index is -0.141. The van der Waals surface area contributed by atoms with Crippen molar-refractivity contribution in [2.45, 2.75) is 13.3 Å². The molecule has 1 aliphatic rings. The van der Waals surface area contributed by atoms with Gasteiger partial charge in [0.15, 0.2) is 5.96 Å². The molecular weight excluding hydrogens is 342 g/mol. The fourth-order valence-electron chi connectivity index (χ4n) is 3.49. The third-order valence-corrected chi connectivity index (χ3v) is 5.03. The molecule has 0 saturated carbocycles. The molecule has 1 aromatic heterocycles. The Labute approximate surface area is 160 Å². The van der Waals surface area contributed by atoms with Crippen molar-refractivity contribution in [2.24, 2.45) is 16.8 Å².